The van der Waals surface area contributed by atoms with Gasteiger partial charge >= 0.3 is 0 Å². The Hall–Kier alpha value is -2.58. The van der Waals surface area contributed by atoms with Gasteiger partial charge in [0.1, 0.15) is 0 Å². The molecule has 1 N–H and O–H groups in total. The first-order chi connectivity index (χ1) is 12.1. The Morgan fingerprint density at radius 1 is 1.28 bits per heavy atom. The van der Waals surface area contributed by atoms with E-state index in [1.165, 1.54) is 4.88 Å². The van der Waals surface area contributed by atoms with Gasteiger partial charge in [0.05, 0.1) is 5.69 Å². The molecule has 8 heteroatoms. The number of benzene rings is 1. The zero-order valence-electron chi connectivity index (χ0n) is 13.9. The predicted molar refractivity (Wildman–Crippen MR) is 94.6 cm³/mol. The number of fused-ring (bicyclic) bond motifs is 1. The number of aromatic nitrogens is 3. The predicted octanol–water partition coefficient (Wildman–Crippen LogP) is 2.74. The summed E-state index contributed by atoms with van der Waals surface area (Å²) < 4.78 is 5.13. The number of amides is 1. The van der Waals surface area contributed by atoms with E-state index in [0.29, 0.717) is 22.4 Å². The van der Waals surface area contributed by atoms with Gasteiger partial charge in [0.15, 0.2) is 11.0 Å². The molecule has 4 rings (SSSR count). The lowest BCUT2D eigenvalue weighted by Crippen LogP contribution is -2.25. The minimum absolute atomic E-state index is 0.173. The summed E-state index contributed by atoms with van der Waals surface area (Å²) >= 11 is 1.55. The quantitative estimate of drug-likeness (QED) is 0.778. The highest BCUT2D eigenvalue weighted by Gasteiger charge is 2.19. The van der Waals surface area contributed by atoms with Crippen molar-refractivity contribution in [3.8, 4) is 11.5 Å². The van der Waals surface area contributed by atoms with Gasteiger partial charge in [0, 0.05) is 35.5 Å². The SMILES string of the molecule is Cc1noc(-c2ccc(C(=O)Nc3nc4c(s3)CN(C)CC4)cc2)n1. The Bertz CT molecular complexity index is 916. The minimum atomic E-state index is -0.173. The molecule has 3 aromatic rings. The monoisotopic (exact) mass is 355 g/mol. The summed E-state index contributed by atoms with van der Waals surface area (Å²) in [4.78, 5) is 24.6. The lowest BCUT2D eigenvalue weighted by molar-refractivity contribution is 0.102. The van der Waals surface area contributed by atoms with Gasteiger partial charge < -0.3 is 9.42 Å². The molecule has 128 valence electrons. The molecule has 25 heavy (non-hydrogen) atoms. The van der Waals surface area contributed by atoms with E-state index in [2.05, 4.69) is 32.4 Å². The van der Waals surface area contributed by atoms with Crippen molar-refractivity contribution in [1.29, 1.82) is 0 Å². The Kier molecular flexibility index (Phi) is 4.06. The number of anilines is 1. The average Bonchev–Trinajstić information content (AvgIpc) is 3.20. The van der Waals surface area contributed by atoms with Crippen molar-refractivity contribution in [2.24, 2.45) is 0 Å². The first-order valence-electron chi connectivity index (χ1n) is 7.98. The maximum atomic E-state index is 12.4. The molecular formula is C17H17N5O2S. The number of likely N-dealkylation sites (N-methyl/N-ethyl adjacent to an activating group) is 1. The second-order valence-electron chi connectivity index (χ2n) is 6.05. The summed E-state index contributed by atoms with van der Waals surface area (Å²) in [6.07, 6.45) is 0.927. The van der Waals surface area contributed by atoms with Crippen LogP contribution < -0.4 is 5.32 Å². The van der Waals surface area contributed by atoms with E-state index in [-0.39, 0.29) is 5.91 Å². The van der Waals surface area contributed by atoms with Gasteiger partial charge in [-0.05, 0) is 38.2 Å². The molecular weight excluding hydrogens is 338 g/mol. The molecule has 0 bridgehead atoms. The van der Waals surface area contributed by atoms with Crippen LogP contribution in [0.5, 0.6) is 0 Å². The summed E-state index contributed by atoms with van der Waals surface area (Å²) in [6, 6.07) is 7.07. The summed E-state index contributed by atoms with van der Waals surface area (Å²) in [6.45, 7) is 3.65. The fourth-order valence-corrected chi connectivity index (χ4v) is 3.81. The molecule has 0 unspecified atom stereocenters. The topological polar surface area (TPSA) is 84.2 Å². The van der Waals surface area contributed by atoms with Crippen LogP contribution in [0.3, 0.4) is 0 Å². The molecule has 2 aromatic heterocycles. The van der Waals surface area contributed by atoms with Gasteiger partial charge in [-0.3, -0.25) is 10.1 Å². The van der Waals surface area contributed by atoms with E-state index in [9.17, 15) is 4.79 Å². The fraction of sp³-hybridized carbons (Fsp3) is 0.294. The summed E-state index contributed by atoms with van der Waals surface area (Å²) in [7, 11) is 2.09. The zero-order chi connectivity index (χ0) is 17.4. The number of carbonyl (C=O) groups is 1. The van der Waals surface area contributed by atoms with Crippen molar-refractivity contribution < 1.29 is 9.32 Å². The molecule has 0 aliphatic carbocycles. The Labute approximate surface area is 148 Å². The normalized spacial score (nSPS) is 14.3. The average molecular weight is 355 g/mol. The molecule has 0 saturated heterocycles. The second-order valence-corrected chi connectivity index (χ2v) is 7.14. The van der Waals surface area contributed by atoms with Crippen molar-refractivity contribution in [2.45, 2.75) is 19.9 Å². The third-order valence-corrected chi connectivity index (χ3v) is 5.06. The number of hydrogen-bond donors (Lipinski definition) is 1. The first-order valence-corrected chi connectivity index (χ1v) is 8.79. The maximum absolute atomic E-state index is 12.4. The zero-order valence-corrected chi connectivity index (χ0v) is 14.8. The van der Waals surface area contributed by atoms with Crippen molar-refractivity contribution in [3.63, 3.8) is 0 Å². The van der Waals surface area contributed by atoms with Gasteiger partial charge in [-0.15, -0.1) is 11.3 Å². The van der Waals surface area contributed by atoms with Crippen LogP contribution in [0, 0.1) is 6.92 Å². The number of hydrogen-bond acceptors (Lipinski definition) is 7. The molecule has 0 atom stereocenters. The maximum Gasteiger partial charge on any atom is 0.257 e. The molecule has 3 heterocycles. The lowest BCUT2D eigenvalue weighted by Gasteiger charge is -2.20. The van der Waals surface area contributed by atoms with Crippen LogP contribution in [0.25, 0.3) is 11.5 Å². The number of rotatable bonds is 3. The molecule has 1 amide bonds. The minimum Gasteiger partial charge on any atom is -0.334 e. The van der Waals surface area contributed by atoms with E-state index in [0.717, 1.165) is 30.8 Å². The van der Waals surface area contributed by atoms with Crippen LogP contribution >= 0.6 is 11.3 Å². The molecule has 0 radical (unpaired) electrons. The van der Waals surface area contributed by atoms with Gasteiger partial charge in [0.2, 0.25) is 0 Å². The van der Waals surface area contributed by atoms with E-state index in [1.807, 2.05) is 0 Å². The van der Waals surface area contributed by atoms with Gasteiger partial charge in [-0.2, -0.15) is 4.98 Å². The highest BCUT2D eigenvalue weighted by atomic mass is 32.1. The molecule has 0 spiro atoms. The van der Waals surface area contributed by atoms with Gasteiger partial charge in [0.25, 0.3) is 11.8 Å². The third kappa shape index (κ3) is 3.31. The van der Waals surface area contributed by atoms with Crippen LogP contribution in [0.15, 0.2) is 28.8 Å². The van der Waals surface area contributed by atoms with E-state index in [4.69, 9.17) is 4.52 Å². The highest BCUT2D eigenvalue weighted by Crippen LogP contribution is 2.28. The summed E-state index contributed by atoms with van der Waals surface area (Å²) in [5.74, 6) is 0.851. The third-order valence-electron chi connectivity index (χ3n) is 4.06. The number of carbonyl (C=O) groups excluding carboxylic acids is 1. The number of aryl methyl sites for hydroxylation is 1. The molecule has 1 aliphatic heterocycles. The van der Waals surface area contributed by atoms with Gasteiger partial charge in [-0.1, -0.05) is 5.16 Å². The lowest BCUT2D eigenvalue weighted by atomic mass is 10.1. The molecule has 0 fully saturated rings. The molecule has 0 saturated carbocycles. The van der Waals surface area contributed by atoms with Gasteiger partial charge in [-0.25, -0.2) is 4.98 Å². The Morgan fingerprint density at radius 3 is 2.80 bits per heavy atom. The van der Waals surface area contributed by atoms with Crippen LogP contribution in [-0.2, 0) is 13.0 Å². The van der Waals surface area contributed by atoms with E-state index < -0.39 is 0 Å². The summed E-state index contributed by atoms with van der Waals surface area (Å²) in [5.41, 5.74) is 2.44. The van der Waals surface area contributed by atoms with E-state index in [1.54, 1.807) is 42.5 Å². The fourth-order valence-electron chi connectivity index (χ4n) is 2.72. The van der Waals surface area contributed by atoms with Crippen LogP contribution in [0.4, 0.5) is 5.13 Å². The van der Waals surface area contributed by atoms with Crippen molar-refractivity contribution >= 4 is 22.4 Å². The number of thiazole rings is 1. The van der Waals surface area contributed by atoms with Crippen molar-refractivity contribution in [1.82, 2.24) is 20.0 Å². The van der Waals surface area contributed by atoms with Crippen molar-refractivity contribution in [2.75, 3.05) is 18.9 Å². The smallest absolute Gasteiger partial charge is 0.257 e. The van der Waals surface area contributed by atoms with E-state index >= 15 is 0 Å². The van der Waals surface area contributed by atoms with Crippen LogP contribution in [0.1, 0.15) is 26.8 Å². The Balaban J connectivity index is 1.48. The molecule has 1 aromatic carbocycles. The number of nitrogens with zero attached hydrogens (tertiary/aromatic N) is 4. The van der Waals surface area contributed by atoms with Crippen LogP contribution in [-0.4, -0.2) is 39.5 Å². The first kappa shape index (κ1) is 15.9. The Morgan fingerprint density at radius 2 is 2.08 bits per heavy atom. The van der Waals surface area contributed by atoms with Crippen LogP contribution in [0.2, 0.25) is 0 Å². The highest BCUT2D eigenvalue weighted by molar-refractivity contribution is 7.15. The molecule has 7 nitrogen and oxygen atoms in total. The summed E-state index contributed by atoms with van der Waals surface area (Å²) in [5, 5.41) is 7.31. The second kappa shape index (κ2) is 6.38. The standard InChI is InChI=1S/C17H17N5O2S/c1-10-18-16(24-21-10)12-5-3-11(4-6-12)15(23)20-17-19-13-7-8-22(2)9-14(13)25-17/h3-6H,7-9H2,1-2H3,(H,19,20,23). The largest absolute Gasteiger partial charge is 0.334 e. The number of nitrogens with one attached hydrogen (secondary N) is 1. The van der Waals surface area contributed by atoms with Crippen molar-refractivity contribution in [3.05, 3.63) is 46.2 Å². The molecule has 1 aliphatic rings.